The topological polar surface area (TPSA) is 147 Å². The number of aromatic nitrogens is 3. The Morgan fingerprint density at radius 2 is 1.62 bits per heavy atom. The average molecular weight is 754 g/mol. The van der Waals surface area contributed by atoms with Gasteiger partial charge in [0.25, 0.3) is 0 Å². The van der Waals surface area contributed by atoms with Crippen LogP contribution in [0.25, 0.3) is 0 Å². The zero-order valence-electron chi connectivity index (χ0n) is 27.2. The van der Waals surface area contributed by atoms with E-state index < -0.39 is 78.1 Å². The summed E-state index contributed by atoms with van der Waals surface area (Å²) < 4.78 is 133. The largest absolute Gasteiger partial charge is 0.488 e. The van der Waals surface area contributed by atoms with Crippen LogP contribution in [0.5, 0.6) is 5.75 Å². The van der Waals surface area contributed by atoms with Gasteiger partial charge in [-0.05, 0) is 61.6 Å². The van der Waals surface area contributed by atoms with Gasteiger partial charge in [-0.3, -0.25) is 9.69 Å². The van der Waals surface area contributed by atoms with Crippen LogP contribution in [-0.2, 0) is 34.5 Å². The summed E-state index contributed by atoms with van der Waals surface area (Å²) in [4.78, 5) is 37.2. The number of benzene rings is 1. The normalized spacial score (nSPS) is 16.3. The van der Waals surface area contributed by atoms with Crippen LogP contribution in [-0.4, -0.2) is 63.1 Å². The SMILES string of the molecule is CC[C@@H]1C[C@H](Nc2ncc(OCCO)c(Cc3cc(C(F)(F)F)cc(C(F)(F)F)c3)n2)c2nc(C(F)(F)F)ccc2N1C(=O)OCCCCC(=O)O. The highest BCUT2D eigenvalue weighted by Crippen LogP contribution is 2.42. The Balaban J connectivity index is 1.72. The van der Waals surface area contributed by atoms with Gasteiger partial charge in [0.15, 0.2) is 5.75 Å². The van der Waals surface area contributed by atoms with Gasteiger partial charge in [-0.2, -0.15) is 39.5 Å². The van der Waals surface area contributed by atoms with Crippen molar-refractivity contribution in [2.45, 2.75) is 76.1 Å². The molecule has 11 nitrogen and oxygen atoms in total. The number of nitrogens with one attached hydrogen (secondary N) is 1. The number of unbranched alkanes of at least 4 members (excludes halogenated alkanes) is 1. The predicted molar refractivity (Wildman–Crippen MR) is 163 cm³/mol. The fraction of sp³-hybridized carbons (Fsp3) is 0.469. The van der Waals surface area contributed by atoms with Crippen LogP contribution in [0.15, 0.2) is 36.5 Å². The lowest BCUT2D eigenvalue weighted by Crippen LogP contribution is -2.46. The number of hydrogen-bond acceptors (Lipinski definition) is 9. The van der Waals surface area contributed by atoms with E-state index in [9.17, 15) is 54.2 Å². The third-order valence-corrected chi connectivity index (χ3v) is 7.83. The molecule has 1 amide bonds. The number of nitrogens with zero attached hydrogens (tertiary/aromatic N) is 4. The lowest BCUT2D eigenvalue weighted by atomic mass is 9.93. The number of anilines is 2. The van der Waals surface area contributed by atoms with Crippen LogP contribution < -0.4 is 15.0 Å². The number of alkyl halides is 9. The first-order chi connectivity index (χ1) is 24.3. The maximum atomic E-state index is 13.8. The van der Waals surface area contributed by atoms with Crippen LogP contribution >= 0.6 is 0 Å². The monoisotopic (exact) mass is 753 g/mol. The molecule has 0 spiro atoms. The van der Waals surface area contributed by atoms with Gasteiger partial charge in [-0.15, -0.1) is 0 Å². The summed E-state index contributed by atoms with van der Waals surface area (Å²) in [7, 11) is 0. The summed E-state index contributed by atoms with van der Waals surface area (Å²) in [5.74, 6) is -1.55. The van der Waals surface area contributed by atoms with Crippen molar-refractivity contribution in [2.75, 3.05) is 30.0 Å². The molecule has 0 fully saturated rings. The van der Waals surface area contributed by atoms with E-state index >= 15 is 0 Å². The van der Waals surface area contributed by atoms with Crippen molar-refractivity contribution < 1.29 is 68.8 Å². The molecule has 0 aliphatic carbocycles. The number of fused-ring (bicyclic) bond motifs is 1. The second-order valence-corrected chi connectivity index (χ2v) is 11.6. The minimum absolute atomic E-state index is 0.0367. The molecule has 1 aliphatic heterocycles. The van der Waals surface area contributed by atoms with E-state index in [2.05, 4.69) is 20.3 Å². The van der Waals surface area contributed by atoms with E-state index in [-0.39, 0.29) is 80.2 Å². The Hall–Kier alpha value is -4.88. The number of carbonyl (C=O) groups excluding carboxylic acids is 1. The zero-order chi connectivity index (χ0) is 38.4. The number of carbonyl (C=O) groups is 2. The third kappa shape index (κ3) is 10.1. The van der Waals surface area contributed by atoms with Crippen molar-refractivity contribution in [1.29, 1.82) is 0 Å². The summed E-state index contributed by atoms with van der Waals surface area (Å²) in [6, 6.07) is 0.893. The van der Waals surface area contributed by atoms with Gasteiger partial charge in [0.2, 0.25) is 5.95 Å². The van der Waals surface area contributed by atoms with Crippen LogP contribution in [0.1, 0.15) is 78.8 Å². The van der Waals surface area contributed by atoms with Crippen LogP contribution in [0.4, 0.5) is 55.9 Å². The van der Waals surface area contributed by atoms with E-state index in [0.717, 1.165) is 17.2 Å². The van der Waals surface area contributed by atoms with Gasteiger partial charge in [0, 0.05) is 18.9 Å². The minimum Gasteiger partial charge on any atom is -0.488 e. The van der Waals surface area contributed by atoms with Gasteiger partial charge in [0.05, 0.1) is 53.7 Å². The Morgan fingerprint density at radius 3 is 2.19 bits per heavy atom. The number of carboxylic acids is 1. The van der Waals surface area contributed by atoms with Gasteiger partial charge >= 0.3 is 30.6 Å². The molecule has 3 N–H and O–H groups in total. The molecular formula is C32H32F9N5O6. The first-order valence-electron chi connectivity index (χ1n) is 15.7. The zero-order valence-corrected chi connectivity index (χ0v) is 27.2. The van der Waals surface area contributed by atoms with Crippen molar-refractivity contribution >= 4 is 23.7 Å². The summed E-state index contributed by atoms with van der Waals surface area (Å²) in [6.45, 7) is 0.668. The molecule has 2 atom stereocenters. The Kier molecular flexibility index (Phi) is 12.4. The minimum atomic E-state index is -5.13. The van der Waals surface area contributed by atoms with Crippen LogP contribution in [0.3, 0.4) is 0 Å². The molecule has 0 unspecified atom stereocenters. The first-order valence-corrected chi connectivity index (χ1v) is 15.7. The number of aliphatic hydroxyl groups excluding tert-OH is 1. The number of pyridine rings is 1. The second kappa shape index (κ2) is 16.2. The fourth-order valence-corrected chi connectivity index (χ4v) is 5.45. The Morgan fingerprint density at radius 1 is 0.942 bits per heavy atom. The van der Waals surface area contributed by atoms with Gasteiger partial charge in [-0.25, -0.2) is 19.7 Å². The lowest BCUT2D eigenvalue weighted by Gasteiger charge is -2.39. The van der Waals surface area contributed by atoms with E-state index in [4.69, 9.17) is 14.6 Å². The van der Waals surface area contributed by atoms with Gasteiger partial charge in [-0.1, -0.05) is 6.92 Å². The molecule has 3 aromatic rings. The highest BCUT2D eigenvalue weighted by molar-refractivity contribution is 5.90. The first kappa shape index (κ1) is 39.9. The molecule has 2 aromatic heterocycles. The fourth-order valence-electron chi connectivity index (χ4n) is 5.45. The summed E-state index contributed by atoms with van der Waals surface area (Å²) >= 11 is 0. The van der Waals surface area contributed by atoms with Crippen LogP contribution in [0.2, 0.25) is 0 Å². The smallest absolute Gasteiger partial charge is 0.433 e. The molecule has 4 rings (SSSR count). The number of aliphatic hydroxyl groups is 1. The summed E-state index contributed by atoms with van der Waals surface area (Å²) in [5, 5.41) is 20.9. The highest BCUT2D eigenvalue weighted by Gasteiger charge is 2.41. The quantitative estimate of drug-likeness (QED) is 0.119. The van der Waals surface area contributed by atoms with Crippen molar-refractivity contribution in [3.63, 3.8) is 0 Å². The van der Waals surface area contributed by atoms with Crippen molar-refractivity contribution in [3.05, 3.63) is 70.3 Å². The molecule has 0 bridgehead atoms. The average Bonchev–Trinajstić information content (AvgIpc) is 3.05. The van der Waals surface area contributed by atoms with Crippen molar-refractivity contribution in [1.82, 2.24) is 15.0 Å². The number of hydrogen-bond donors (Lipinski definition) is 3. The molecule has 3 heterocycles. The third-order valence-electron chi connectivity index (χ3n) is 7.83. The number of rotatable bonds is 13. The molecular weight excluding hydrogens is 721 g/mol. The van der Waals surface area contributed by atoms with E-state index in [1.807, 2.05) is 0 Å². The molecule has 0 saturated heterocycles. The number of aliphatic carboxylic acids is 1. The van der Waals surface area contributed by atoms with Crippen molar-refractivity contribution in [3.8, 4) is 5.75 Å². The molecule has 0 saturated carbocycles. The molecule has 284 valence electrons. The maximum Gasteiger partial charge on any atom is 0.433 e. The molecule has 0 radical (unpaired) electrons. The van der Waals surface area contributed by atoms with Gasteiger partial charge in [0.1, 0.15) is 12.3 Å². The standard InChI is InChI=1S/C32H32F9N5O6/c1-2-20-15-22(27-23(6-7-25(45-27)32(39,40)41)46(20)29(50)52-9-4-3-5-26(48)49)44-28-42-16-24(51-10-8-47)21(43-28)13-17-11-18(30(33,34)35)14-19(12-17)31(36,37)38/h6-7,11-12,14,16,20,22,47H,2-5,8-10,13,15H2,1H3,(H,48,49)(H,42,43,44)/t20-,22+/m1/s1. The number of ether oxygens (including phenoxy) is 2. The van der Waals surface area contributed by atoms with E-state index in [1.54, 1.807) is 6.92 Å². The summed E-state index contributed by atoms with van der Waals surface area (Å²) in [5.41, 5.74) is -5.42. The number of amides is 1. The molecule has 20 heteroatoms. The van der Waals surface area contributed by atoms with E-state index in [0.29, 0.717) is 18.2 Å². The Labute approximate surface area is 289 Å². The number of carboxylic acid groups (broad SMARTS) is 1. The molecule has 1 aliphatic rings. The predicted octanol–water partition coefficient (Wildman–Crippen LogP) is 7.42. The molecule has 52 heavy (non-hydrogen) atoms. The van der Waals surface area contributed by atoms with Crippen molar-refractivity contribution in [2.24, 2.45) is 0 Å². The van der Waals surface area contributed by atoms with E-state index in [1.165, 1.54) is 0 Å². The van der Waals surface area contributed by atoms with Crippen LogP contribution in [0, 0.1) is 0 Å². The molecule has 1 aromatic carbocycles. The Bertz CT molecular complexity index is 1700. The van der Waals surface area contributed by atoms with Gasteiger partial charge < -0.3 is 25.0 Å². The maximum absolute atomic E-state index is 13.8. The number of halogens is 9. The highest BCUT2D eigenvalue weighted by atomic mass is 19.4. The lowest BCUT2D eigenvalue weighted by molar-refractivity contribution is -0.143. The second-order valence-electron chi connectivity index (χ2n) is 11.6. The summed E-state index contributed by atoms with van der Waals surface area (Å²) in [6.07, 6.45) is -15.2.